The summed E-state index contributed by atoms with van der Waals surface area (Å²) in [6.45, 7) is 14.7. The molecule has 0 aromatic carbocycles. The number of hydrogen-bond donors (Lipinski definition) is 2. The molecule has 0 saturated carbocycles. The van der Waals surface area contributed by atoms with Gasteiger partial charge in [-0.05, 0) is 44.0 Å². The van der Waals surface area contributed by atoms with E-state index < -0.39 is 37.3 Å². The van der Waals surface area contributed by atoms with Crippen molar-refractivity contribution in [2.75, 3.05) is 0 Å². The van der Waals surface area contributed by atoms with Gasteiger partial charge >= 0.3 is 8.03 Å². The monoisotopic (exact) mass is 480 g/mol. The van der Waals surface area contributed by atoms with Gasteiger partial charge in [-0.25, -0.2) is 0 Å². The van der Waals surface area contributed by atoms with Gasteiger partial charge in [-0.3, -0.25) is 9.55 Å². The first kappa shape index (κ1) is 24.9. The van der Waals surface area contributed by atoms with Gasteiger partial charge in [0.25, 0.3) is 12.3 Å². The molecule has 1 heterocycles. The van der Waals surface area contributed by atoms with Crippen molar-refractivity contribution in [3.05, 3.63) is 28.5 Å². The zero-order valence-corrected chi connectivity index (χ0v) is 20.8. The summed E-state index contributed by atoms with van der Waals surface area (Å²) in [7, 11) is -7.10. The van der Waals surface area contributed by atoms with Gasteiger partial charge < -0.3 is 4.89 Å². The van der Waals surface area contributed by atoms with Crippen molar-refractivity contribution >= 4 is 31.3 Å². The normalized spacial score (nSPS) is 18.1. The van der Waals surface area contributed by atoms with E-state index in [1.807, 2.05) is 33.8 Å². The molecular formula is C19H33BrNO4P2+. The first-order valence-electron chi connectivity index (χ1n) is 9.32. The number of aromatic nitrogens is 1. The maximum atomic E-state index is 13.9. The molecule has 3 unspecified atom stereocenters. The first-order chi connectivity index (χ1) is 12.2. The molecule has 0 spiro atoms. The molecule has 0 bridgehead atoms. The maximum Gasteiger partial charge on any atom is 0.523 e. The summed E-state index contributed by atoms with van der Waals surface area (Å²) < 4.78 is 27.8. The van der Waals surface area contributed by atoms with E-state index in [-0.39, 0.29) is 11.8 Å². The Morgan fingerprint density at radius 1 is 1.04 bits per heavy atom. The first-order valence-corrected chi connectivity index (χ1v) is 13.0. The summed E-state index contributed by atoms with van der Waals surface area (Å²) in [6, 6.07) is 1.86. The van der Waals surface area contributed by atoms with Crippen LogP contribution in [0.5, 0.6) is 0 Å². The van der Waals surface area contributed by atoms with Gasteiger partial charge in [-0.1, -0.05) is 55.4 Å². The number of hydrogen-bond acceptors (Lipinski definition) is 3. The molecule has 0 radical (unpaired) electrons. The molecule has 1 aromatic rings. The Kier molecular flexibility index (Phi) is 8.04. The van der Waals surface area contributed by atoms with Crippen molar-refractivity contribution in [1.82, 2.24) is 4.98 Å². The van der Waals surface area contributed by atoms with Crippen LogP contribution in [0, 0.1) is 17.8 Å². The third-order valence-electron chi connectivity index (χ3n) is 5.90. The highest BCUT2D eigenvalue weighted by molar-refractivity contribution is 9.10. The molecule has 2 N–H and O–H groups in total. The fourth-order valence-corrected chi connectivity index (χ4v) is 11.2. The van der Waals surface area contributed by atoms with Crippen molar-refractivity contribution in [1.29, 1.82) is 0 Å². The maximum absolute atomic E-state index is 13.9. The average Bonchev–Trinajstić information content (AvgIpc) is 2.50. The van der Waals surface area contributed by atoms with E-state index in [0.717, 1.165) is 4.47 Å². The lowest BCUT2D eigenvalue weighted by molar-refractivity contribution is 0.142. The molecule has 0 aliphatic rings. The summed E-state index contributed by atoms with van der Waals surface area (Å²) in [5.74, 6) is -0.865. The molecule has 27 heavy (non-hydrogen) atoms. The molecule has 0 amide bonds. The number of pyridine rings is 1. The van der Waals surface area contributed by atoms with E-state index in [1.54, 1.807) is 40.1 Å². The van der Waals surface area contributed by atoms with Crippen LogP contribution < -0.4 is 0 Å². The van der Waals surface area contributed by atoms with Crippen LogP contribution in [-0.4, -0.2) is 25.3 Å². The minimum atomic E-state index is -4.10. The highest BCUT2D eigenvalue weighted by Crippen LogP contribution is 2.78. The van der Waals surface area contributed by atoms with Crippen molar-refractivity contribution in [2.45, 2.75) is 71.4 Å². The predicted octanol–water partition coefficient (Wildman–Crippen LogP) is 6.16. The Bertz CT molecular complexity index is 728. The zero-order chi connectivity index (χ0) is 21.4. The highest BCUT2D eigenvalue weighted by atomic mass is 79.9. The van der Waals surface area contributed by atoms with Gasteiger partial charge in [0.15, 0.2) is 0 Å². The Morgan fingerprint density at radius 2 is 1.52 bits per heavy atom. The summed E-state index contributed by atoms with van der Waals surface area (Å²) in [5.41, 5.74) is -0.972. The molecule has 1 rings (SSSR count). The highest BCUT2D eigenvalue weighted by Gasteiger charge is 2.78. The number of rotatable bonds is 8. The molecule has 0 saturated heterocycles. The van der Waals surface area contributed by atoms with Gasteiger partial charge in [0.2, 0.25) is 0 Å². The third-order valence-corrected chi connectivity index (χ3v) is 12.4. The van der Waals surface area contributed by atoms with Crippen LogP contribution in [0.25, 0.3) is 0 Å². The average molecular weight is 481 g/mol. The van der Waals surface area contributed by atoms with Crippen LogP contribution in [0.1, 0.15) is 61.0 Å². The van der Waals surface area contributed by atoms with Crippen LogP contribution in [-0.2, 0) is 14.5 Å². The Labute approximate surface area is 172 Å². The Balaban J connectivity index is 4.28. The second-order valence-electron chi connectivity index (χ2n) is 8.44. The third kappa shape index (κ3) is 3.62. The summed E-state index contributed by atoms with van der Waals surface area (Å²) in [6.07, 6.45) is 3.31. The van der Waals surface area contributed by atoms with Crippen molar-refractivity contribution in [3.8, 4) is 0 Å². The van der Waals surface area contributed by atoms with E-state index in [2.05, 4.69) is 20.9 Å². The molecule has 3 atom stereocenters. The van der Waals surface area contributed by atoms with Gasteiger partial charge in [0, 0.05) is 28.4 Å². The van der Waals surface area contributed by atoms with Crippen molar-refractivity contribution in [2.24, 2.45) is 17.8 Å². The minimum Gasteiger partial charge on any atom is -0.341 e. The quantitative estimate of drug-likeness (QED) is 0.435. The molecule has 1 aromatic heterocycles. The van der Waals surface area contributed by atoms with Crippen LogP contribution in [0.3, 0.4) is 0 Å². The number of halogens is 1. The van der Waals surface area contributed by atoms with Gasteiger partial charge in [-0.15, -0.1) is 0 Å². The Morgan fingerprint density at radius 3 is 1.81 bits per heavy atom. The summed E-state index contributed by atoms with van der Waals surface area (Å²) >= 11 is 3.44. The van der Waals surface area contributed by atoms with Gasteiger partial charge in [0.1, 0.15) is 0 Å². The molecule has 0 fully saturated rings. The smallest absolute Gasteiger partial charge is 0.341 e. The fourth-order valence-electron chi connectivity index (χ4n) is 5.04. The minimum absolute atomic E-state index is 0.179. The molecule has 8 heteroatoms. The molecular weight excluding hydrogens is 448 g/mol. The molecule has 5 nitrogen and oxygen atoms in total. The topological polar surface area (TPSA) is 87.5 Å². The second-order valence-corrected chi connectivity index (χ2v) is 13.9. The SMILES string of the molecule is CC(C)C(c1cncc(Br)c1)(C(C)C)C(C(C)C)([P+](=O)O)P(=O)(O)C(C)C. The van der Waals surface area contributed by atoms with Crippen LogP contribution in [0.4, 0.5) is 0 Å². The van der Waals surface area contributed by atoms with E-state index >= 15 is 0 Å². The predicted molar refractivity (Wildman–Crippen MR) is 116 cm³/mol. The second kappa shape index (κ2) is 8.71. The van der Waals surface area contributed by atoms with Crippen LogP contribution in [0.15, 0.2) is 22.9 Å². The van der Waals surface area contributed by atoms with Gasteiger partial charge in [-0.2, -0.15) is 4.89 Å². The van der Waals surface area contributed by atoms with Crippen LogP contribution in [0.2, 0.25) is 0 Å². The molecule has 154 valence electrons. The zero-order valence-electron chi connectivity index (χ0n) is 17.5. The lowest BCUT2D eigenvalue weighted by atomic mass is 9.60. The largest absolute Gasteiger partial charge is 0.523 e. The lowest BCUT2D eigenvalue weighted by Gasteiger charge is -2.52. The van der Waals surface area contributed by atoms with E-state index in [1.165, 1.54) is 0 Å². The van der Waals surface area contributed by atoms with Crippen LogP contribution >= 0.6 is 31.3 Å². The molecule has 0 aliphatic carbocycles. The standard InChI is InChI=1S/C19H32BrNO4P2/c1-12(2)18(13(3)4,16-9-17(20)11-21-10-16)19(14(5)6,26(22)23)27(24,25)15(7)8/h9-15H,1-8H3,(H-,22,23,24,25)/p+1. The van der Waals surface area contributed by atoms with E-state index in [4.69, 9.17) is 0 Å². The lowest BCUT2D eigenvalue weighted by Crippen LogP contribution is -2.59. The van der Waals surface area contributed by atoms with Gasteiger partial charge in [0.05, 0.1) is 5.41 Å². The van der Waals surface area contributed by atoms with E-state index in [9.17, 15) is 18.9 Å². The fraction of sp³-hybridized carbons (Fsp3) is 0.737. The number of nitrogens with zero attached hydrogens (tertiary/aromatic N) is 1. The van der Waals surface area contributed by atoms with Crippen molar-refractivity contribution < 1.29 is 18.9 Å². The van der Waals surface area contributed by atoms with Crippen molar-refractivity contribution in [3.63, 3.8) is 0 Å². The van der Waals surface area contributed by atoms with E-state index in [0.29, 0.717) is 5.56 Å². The molecule has 0 aliphatic heterocycles. The Hall–Kier alpha value is -0.120. The summed E-state index contributed by atoms with van der Waals surface area (Å²) in [4.78, 5) is 24.7. The summed E-state index contributed by atoms with van der Waals surface area (Å²) in [5, 5.41) is 0.